The number of rotatable bonds is 8. The summed E-state index contributed by atoms with van der Waals surface area (Å²) in [5.74, 6) is -1.11. The molecule has 13 heteroatoms. The molecule has 2 fully saturated rings. The number of ether oxygens (including phenoxy) is 1. The van der Waals surface area contributed by atoms with Crippen molar-refractivity contribution < 1.29 is 27.5 Å². The minimum Gasteiger partial charge on any atom is -0.370 e. The first-order valence-electron chi connectivity index (χ1n) is 12.1. The van der Waals surface area contributed by atoms with Gasteiger partial charge in [0.15, 0.2) is 0 Å². The van der Waals surface area contributed by atoms with Crippen molar-refractivity contribution in [2.75, 3.05) is 44.3 Å². The van der Waals surface area contributed by atoms with Gasteiger partial charge in [0.2, 0.25) is 15.9 Å². The van der Waals surface area contributed by atoms with Crippen LogP contribution in [0.4, 0.5) is 5.69 Å². The average molecular weight is 569 g/mol. The van der Waals surface area contributed by atoms with Gasteiger partial charge in [-0.25, -0.2) is 8.42 Å². The number of carbonyl (C=O) groups excluding carboxylic acids is 3. The van der Waals surface area contributed by atoms with E-state index in [-0.39, 0.29) is 24.0 Å². The van der Waals surface area contributed by atoms with Gasteiger partial charge in [0.05, 0.1) is 20.7 Å². The van der Waals surface area contributed by atoms with Gasteiger partial charge in [0.25, 0.3) is 11.8 Å². The van der Waals surface area contributed by atoms with Crippen LogP contribution in [0.25, 0.3) is 0 Å². The standard InChI is InChI=1S/C24H29ClN4O6S2/c25-21-9-8-20(36-21)23(31)26-15-19(24(32)28-10-3-1-2-4-11-28)27-37(33,34)18-7-5-6-17(14-18)29-12-13-35-16-22(29)30/h5-9,14,19,27H,1-4,10-13,15-16H2,(H,26,31)/t19-/m0/s1. The molecule has 2 aromatic rings. The van der Waals surface area contributed by atoms with Gasteiger partial charge < -0.3 is 19.9 Å². The summed E-state index contributed by atoms with van der Waals surface area (Å²) in [6, 6.07) is 7.93. The topological polar surface area (TPSA) is 125 Å². The van der Waals surface area contributed by atoms with Crippen molar-refractivity contribution in [1.29, 1.82) is 0 Å². The highest BCUT2D eigenvalue weighted by molar-refractivity contribution is 7.89. The monoisotopic (exact) mass is 568 g/mol. The van der Waals surface area contributed by atoms with Crippen LogP contribution in [0, 0.1) is 0 Å². The Labute approximate surface area is 225 Å². The predicted molar refractivity (Wildman–Crippen MR) is 140 cm³/mol. The summed E-state index contributed by atoms with van der Waals surface area (Å²) >= 11 is 7.01. The lowest BCUT2D eigenvalue weighted by Gasteiger charge is -2.28. The van der Waals surface area contributed by atoms with Crippen molar-refractivity contribution in [1.82, 2.24) is 14.9 Å². The molecule has 0 radical (unpaired) electrons. The van der Waals surface area contributed by atoms with Crippen molar-refractivity contribution in [3.63, 3.8) is 0 Å². The number of hydrogen-bond acceptors (Lipinski definition) is 7. The van der Waals surface area contributed by atoms with Gasteiger partial charge in [-0.2, -0.15) is 4.72 Å². The van der Waals surface area contributed by atoms with Crippen LogP contribution in [-0.4, -0.2) is 76.5 Å². The van der Waals surface area contributed by atoms with E-state index in [1.807, 2.05) is 0 Å². The number of morpholine rings is 1. The van der Waals surface area contributed by atoms with Crippen molar-refractivity contribution in [3.8, 4) is 0 Å². The second-order valence-corrected chi connectivity index (χ2v) is 12.3. The minimum atomic E-state index is -4.18. The normalized spacial score (nSPS) is 17.8. The first-order valence-corrected chi connectivity index (χ1v) is 14.8. The predicted octanol–water partition coefficient (Wildman–Crippen LogP) is 2.24. The van der Waals surface area contributed by atoms with E-state index in [0.717, 1.165) is 37.0 Å². The molecule has 2 aliphatic heterocycles. The van der Waals surface area contributed by atoms with Crippen molar-refractivity contribution in [3.05, 3.63) is 45.6 Å². The molecule has 3 heterocycles. The molecule has 10 nitrogen and oxygen atoms in total. The smallest absolute Gasteiger partial charge is 0.261 e. The van der Waals surface area contributed by atoms with E-state index in [1.54, 1.807) is 29.2 Å². The highest BCUT2D eigenvalue weighted by atomic mass is 35.5. The quantitative estimate of drug-likeness (QED) is 0.503. The van der Waals surface area contributed by atoms with E-state index >= 15 is 0 Å². The Hall–Kier alpha value is -2.51. The second-order valence-electron chi connectivity index (χ2n) is 8.82. The zero-order chi connectivity index (χ0) is 26.4. The van der Waals surface area contributed by atoms with Crippen molar-refractivity contribution in [2.24, 2.45) is 0 Å². The zero-order valence-corrected chi connectivity index (χ0v) is 22.5. The van der Waals surface area contributed by atoms with E-state index in [1.165, 1.54) is 17.0 Å². The van der Waals surface area contributed by atoms with Crippen LogP contribution in [0.3, 0.4) is 0 Å². The SMILES string of the molecule is O=C(NC[C@H](NS(=O)(=O)c1cccc(N2CCOCC2=O)c1)C(=O)N1CCCCCC1)c1ccc(Cl)s1. The molecule has 1 aromatic heterocycles. The Morgan fingerprint density at radius 2 is 1.84 bits per heavy atom. The first-order chi connectivity index (χ1) is 17.7. The Balaban J connectivity index is 1.54. The molecule has 3 amide bonds. The molecule has 0 spiro atoms. The Morgan fingerprint density at radius 1 is 1.08 bits per heavy atom. The number of nitrogens with one attached hydrogen (secondary N) is 2. The van der Waals surface area contributed by atoms with Crippen LogP contribution in [0.5, 0.6) is 0 Å². The Kier molecular flexibility index (Phi) is 9.19. The number of anilines is 1. The third-order valence-corrected chi connectivity index (χ3v) is 8.90. The van der Waals surface area contributed by atoms with E-state index in [4.69, 9.17) is 16.3 Å². The summed E-state index contributed by atoms with van der Waals surface area (Å²) in [5.41, 5.74) is 0.425. The number of nitrogens with zero attached hydrogens (tertiary/aromatic N) is 2. The molecule has 0 aliphatic carbocycles. The van der Waals surface area contributed by atoms with Gasteiger partial charge in [0.1, 0.15) is 12.6 Å². The van der Waals surface area contributed by atoms with Crippen LogP contribution in [0.2, 0.25) is 4.34 Å². The number of thiophene rings is 1. The lowest BCUT2D eigenvalue weighted by Crippen LogP contribution is -2.53. The lowest BCUT2D eigenvalue weighted by atomic mass is 10.2. The molecule has 2 aliphatic rings. The number of halogens is 1. The van der Waals surface area contributed by atoms with E-state index in [2.05, 4.69) is 10.0 Å². The zero-order valence-electron chi connectivity index (χ0n) is 20.2. The number of amides is 3. The third kappa shape index (κ3) is 7.08. The Bertz CT molecular complexity index is 1240. The number of likely N-dealkylation sites (tertiary alicyclic amines) is 1. The average Bonchev–Trinajstić information content (AvgIpc) is 3.15. The molecule has 200 valence electrons. The number of sulfonamides is 1. The third-order valence-electron chi connectivity index (χ3n) is 6.20. The van der Waals surface area contributed by atoms with Gasteiger partial charge in [-0.05, 0) is 43.2 Å². The Morgan fingerprint density at radius 3 is 2.51 bits per heavy atom. The lowest BCUT2D eigenvalue weighted by molar-refractivity contribution is -0.132. The molecule has 1 aromatic carbocycles. The largest absolute Gasteiger partial charge is 0.370 e. The van der Waals surface area contributed by atoms with E-state index in [0.29, 0.717) is 41.1 Å². The summed E-state index contributed by atoms with van der Waals surface area (Å²) in [7, 11) is -4.18. The molecule has 37 heavy (non-hydrogen) atoms. The molecule has 0 unspecified atom stereocenters. The van der Waals surface area contributed by atoms with Crippen LogP contribution in [0.1, 0.15) is 35.4 Å². The molecule has 2 saturated heterocycles. The molecule has 0 saturated carbocycles. The molecule has 4 rings (SSSR count). The minimum absolute atomic E-state index is 0.0726. The van der Waals surface area contributed by atoms with Gasteiger partial charge in [-0.1, -0.05) is 30.5 Å². The van der Waals surface area contributed by atoms with Gasteiger partial charge >= 0.3 is 0 Å². The van der Waals surface area contributed by atoms with Crippen molar-refractivity contribution in [2.45, 2.75) is 36.6 Å². The second kappa shape index (κ2) is 12.4. The van der Waals surface area contributed by atoms with E-state index in [9.17, 15) is 22.8 Å². The van der Waals surface area contributed by atoms with Gasteiger partial charge in [-0.3, -0.25) is 14.4 Å². The first kappa shape index (κ1) is 27.5. The maximum atomic E-state index is 13.4. The maximum Gasteiger partial charge on any atom is 0.261 e. The number of carbonyl (C=O) groups is 3. The summed E-state index contributed by atoms with van der Waals surface area (Å²) in [4.78, 5) is 41.6. The van der Waals surface area contributed by atoms with Gasteiger partial charge in [-0.15, -0.1) is 11.3 Å². The highest BCUT2D eigenvalue weighted by Crippen LogP contribution is 2.23. The number of hydrogen-bond donors (Lipinski definition) is 2. The van der Waals surface area contributed by atoms with Gasteiger partial charge in [0, 0.05) is 31.9 Å². The fourth-order valence-electron chi connectivity index (χ4n) is 4.27. The summed E-state index contributed by atoms with van der Waals surface area (Å²) in [6.07, 6.45) is 3.67. The molecule has 2 N–H and O–H groups in total. The van der Waals surface area contributed by atoms with Crippen LogP contribution >= 0.6 is 22.9 Å². The summed E-state index contributed by atoms with van der Waals surface area (Å²) < 4.78 is 34.9. The van der Waals surface area contributed by atoms with Crippen LogP contribution < -0.4 is 14.9 Å². The molecule has 1 atom stereocenters. The number of benzene rings is 1. The fraction of sp³-hybridized carbons (Fsp3) is 0.458. The summed E-state index contributed by atoms with van der Waals surface area (Å²) in [5, 5.41) is 2.66. The van der Waals surface area contributed by atoms with Crippen LogP contribution in [-0.2, 0) is 24.3 Å². The highest BCUT2D eigenvalue weighted by Gasteiger charge is 2.31. The van der Waals surface area contributed by atoms with E-state index < -0.39 is 27.9 Å². The molecular formula is C24H29ClN4O6S2. The van der Waals surface area contributed by atoms with Crippen LogP contribution in [0.15, 0.2) is 41.3 Å². The maximum absolute atomic E-state index is 13.4. The van der Waals surface area contributed by atoms with Crippen molar-refractivity contribution >= 4 is 56.4 Å². The molecule has 0 bridgehead atoms. The molecular weight excluding hydrogens is 540 g/mol. The summed E-state index contributed by atoms with van der Waals surface area (Å²) in [6.45, 7) is 1.41. The fourth-order valence-corrected chi connectivity index (χ4v) is 6.46.